The molecule has 6 heteroatoms. The number of aliphatic hydroxyl groups excluding tert-OH is 1. The van der Waals surface area contributed by atoms with E-state index in [0.29, 0.717) is 5.69 Å². The van der Waals surface area contributed by atoms with Crippen LogP contribution in [0.25, 0.3) is 0 Å². The quantitative estimate of drug-likeness (QED) is 0.724. The van der Waals surface area contributed by atoms with Crippen molar-refractivity contribution in [2.75, 3.05) is 17.6 Å². The van der Waals surface area contributed by atoms with E-state index in [-0.39, 0.29) is 18.7 Å². The molecular formula is C12H20N2O3S. The Labute approximate surface area is 108 Å². The molecule has 0 aromatic heterocycles. The first-order valence-electron chi connectivity index (χ1n) is 5.76. The van der Waals surface area contributed by atoms with Crippen LogP contribution in [0.15, 0.2) is 24.3 Å². The van der Waals surface area contributed by atoms with Crippen LogP contribution in [0.1, 0.15) is 25.5 Å². The van der Waals surface area contributed by atoms with Crippen LogP contribution >= 0.6 is 0 Å². The summed E-state index contributed by atoms with van der Waals surface area (Å²) in [6.07, 6.45) is 1.11. The van der Waals surface area contributed by atoms with Gasteiger partial charge in [-0.2, -0.15) is 0 Å². The minimum absolute atomic E-state index is 0.00294. The number of nitrogens with one attached hydrogen (secondary N) is 2. The van der Waals surface area contributed by atoms with Crippen molar-refractivity contribution in [3.8, 4) is 0 Å². The summed E-state index contributed by atoms with van der Waals surface area (Å²) >= 11 is 0. The Balaban J connectivity index is 2.81. The van der Waals surface area contributed by atoms with Crippen molar-refractivity contribution in [1.82, 2.24) is 5.32 Å². The lowest BCUT2D eigenvalue weighted by Crippen LogP contribution is -2.30. The van der Waals surface area contributed by atoms with Gasteiger partial charge in [0.25, 0.3) is 0 Å². The average molecular weight is 272 g/mol. The number of sulfonamides is 1. The third-order valence-corrected chi connectivity index (χ3v) is 2.94. The summed E-state index contributed by atoms with van der Waals surface area (Å²) < 4.78 is 24.5. The fourth-order valence-electron chi connectivity index (χ4n) is 1.65. The van der Waals surface area contributed by atoms with Gasteiger partial charge in [0.15, 0.2) is 0 Å². The minimum Gasteiger partial charge on any atom is -0.394 e. The first kappa shape index (κ1) is 14.9. The molecular weight excluding hydrogens is 252 g/mol. The lowest BCUT2D eigenvalue weighted by molar-refractivity contribution is 0.237. The molecule has 1 atom stereocenters. The number of rotatable bonds is 6. The molecule has 0 aliphatic carbocycles. The molecule has 0 spiro atoms. The molecule has 0 amide bonds. The molecule has 0 aliphatic rings. The molecule has 0 radical (unpaired) electrons. The number of hydrogen-bond donors (Lipinski definition) is 3. The Kier molecular flexibility index (Phi) is 5.13. The van der Waals surface area contributed by atoms with Crippen LogP contribution in [0.4, 0.5) is 5.69 Å². The Morgan fingerprint density at radius 3 is 2.17 bits per heavy atom. The fraction of sp³-hybridized carbons (Fsp3) is 0.500. The summed E-state index contributed by atoms with van der Waals surface area (Å²) in [4.78, 5) is 0. The highest BCUT2D eigenvalue weighted by atomic mass is 32.2. The Hall–Kier alpha value is -1.11. The van der Waals surface area contributed by atoms with Crippen LogP contribution in [0, 0.1) is 0 Å². The maximum Gasteiger partial charge on any atom is 0.229 e. The second-order valence-electron chi connectivity index (χ2n) is 4.55. The molecule has 3 N–H and O–H groups in total. The van der Waals surface area contributed by atoms with Gasteiger partial charge in [-0.25, -0.2) is 8.42 Å². The molecule has 1 rings (SSSR count). The van der Waals surface area contributed by atoms with E-state index in [2.05, 4.69) is 10.0 Å². The molecule has 102 valence electrons. The second-order valence-corrected chi connectivity index (χ2v) is 6.30. The molecule has 0 fully saturated rings. The van der Waals surface area contributed by atoms with Crippen LogP contribution in [-0.2, 0) is 10.0 Å². The predicted octanol–water partition coefficient (Wildman–Crippen LogP) is 1.09. The number of benzene rings is 1. The third-order valence-electron chi connectivity index (χ3n) is 2.33. The average Bonchev–Trinajstić information content (AvgIpc) is 2.24. The van der Waals surface area contributed by atoms with E-state index in [4.69, 9.17) is 0 Å². The van der Waals surface area contributed by atoms with Gasteiger partial charge in [0, 0.05) is 11.7 Å². The van der Waals surface area contributed by atoms with Gasteiger partial charge in [-0.1, -0.05) is 26.0 Å². The van der Waals surface area contributed by atoms with Crippen LogP contribution in [0.2, 0.25) is 0 Å². The normalized spacial score (nSPS) is 13.6. The molecule has 0 saturated carbocycles. The third kappa shape index (κ3) is 5.03. The summed E-state index contributed by atoms with van der Waals surface area (Å²) in [5.41, 5.74) is 1.44. The van der Waals surface area contributed by atoms with Gasteiger partial charge < -0.3 is 10.4 Å². The summed E-state index contributed by atoms with van der Waals surface area (Å²) in [5.74, 6) is 0. The topological polar surface area (TPSA) is 78.4 Å². The van der Waals surface area contributed by atoms with E-state index >= 15 is 0 Å². The summed E-state index contributed by atoms with van der Waals surface area (Å²) in [6, 6.07) is 7.07. The molecule has 0 aliphatic heterocycles. The highest BCUT2D eigenvalue weighted by Crippen LogP contribution is 2.17. The smallest absolute Gasteiger partial charge is 0.229 e. The van der Waals surface area contributed by atoms with E-state index in [9.17, 15) is 13.5 Å². The Morgan fingerprint density at radius 1 is 1.22 bits per heavy atom. The van der Waals surface area contributed by atoms with Gasteiger partial charge in [0.2, 0.25) is 10.0 Å². The number of anilines is 1. The van der Waals surface area contributed by atoms with Crippen molar-refractivity contribution >= 4 is 15.7 Å². The molecule has 5 nitrogen and oxygen atoms in total. The first-order chi connectivity index (χ1) is 8.31. The van der Waals surface area contributed by atoms with Gasteiger partial charge in [0.05, 0.1) is 18.9 Å². The van der Waals surface area contributed by atoms with Gasteiger partial charge in [-0.05, 0) is 17.7 Å². The number of hydrogen-bond acceptors (Lipinski definition) is 4. The maximum atomic E-state index is 11.1. The van der Waals surface area contributed by atoms with Crippen molar-refractivity contribution in [2.45, 2.75) is 25.9 Å². The van der Waals surface area contributed by atoms with E-state index in [0.717, 1.165) is 11.8 Å². The Morgan fingerprint density at radius 2 is 1.78 bits per heavy atom. The first-order valence-corrected chi connectivity index (χ1v) is 7.65. The van der Waals surface area contributed by atoms with Crippen molar-refractivity contribution in [3.63, 3.8) is 0 Å². The van der Waals surface area contributed by atoms with Crippen LogP contribution in [-0.4, -0.2) is 32.4 Å². The van der Waals surface area contributed by atoms with Crippen molar-refractivity contribution < 1.29 is 13.5 Å². The standard InChI is InChI=1S/C12H20N2O3S/c1-9(2)13-12(8-15)10-4-6-11(7-5-10)14-18(3,16)17/h4-7,9,12-15H,8H2,1-3H3. The Bertz CT molecular complexity index is 469. The van der Waals surface area contributed by atoms with Crippen LogP contribution in [0.3, 0.4) is 0 Å². The van der Waals surface area contributed by atoms with E-state index in [1.54, 1.807) is 24.3 Å². The largest absolute Gasteiger partial charge is 0.394 e. The minimum atomic E-state index is -3.25. The molecule has 0 bridgehead atoms. The van der Waals surface area contributed by atoms with Gasteiger partial charge in [-0.3, -0.25) is 4.72 Å². The lowest BCUT2D eigenvalue weighted by Gasteiger charge is -2.19. The SMILES string of the molecule is CC(C)NC(CO)c1ccc(NS(C)(=O)=O)cc1. The molecule has 1 aromatic carbocycles. The van der Waals surface area contributed by atoms with E-state index in [1.165, 1.54) is 0 Å². The predicted molar refractivity (Wildman–Crippen MR) is 73.0 cm³/mol. The van der Waals surface area contributed by atoms with E-state index < -0.39 is 10.0 Å². The summed E-state index contributed by atoms with van der Waals surface area (Å²) in [7, 11) is -3.25. The molecule has 1 aromatic rings. The van der Waals surface area contributed by atoms with Crippen LogP contribution in [0.5, 0.6) is 0 Å². The highest BCUT2D eigenvalue weighted by Gasteiger charge is 2.11. The zero-order valence-corrected chi connectivity index (χ0v) is 11.7. The monoisotopic (exact) mass is 272 g/mol. The lowest BCUT2D eigenvalue weighted by atomic mass is 10.1. The molecule has 0 heterocycles. The van der Waals surface area contributed by atoms with Crippen LogP contribution < -0.4 is 10.0 Å². The molecule has 18 heavy (non-hydrogen) atoms. The zero-order valence-electron chi connectivity index (χ0n) is 10.8. The fourth-order valence-corrected chi connectivity index (χ4v) is 2.22. The number of aliphatic hydroxyl groups is 1. The molecule has 1 unspecified atom stereocenters. The maximum absolute atomic E-state index is 11.1. The highest BCUT2D eigenvalue weighted by molar-refractivity contribution is 7.92. The summed E-state index contributed by atoms with van der Waals surface area (Å²) in [5, 5.41) is 12.5. The van der Waals surface area contributed by atoms with Crippen molar-refractivity contribution in [3.05, 3.63) is 29.8 Å². The van der Waals surface area contributed by atoms with Gasteiger partial charge in [0.1, 0.15) is 0 Å². The van der Waals surface area contributed by atoms with Crippen molar-refractivity contribution in [2.24, 2.45) is 0 Å². The summed E-state index contributed by atoms with van der Waals surface area (Å²) in [6.45, 7) is 4.00. The molecule has 0 saturated heterocycles. The van der Waals surface area contributed by atoms with Gasteiger partial charge >= 0.3 is 0 Å². The van der Waals surface area contributed by atoms with Crippen molar-refractivity contribution in [1.29, 1.82) is 0 Å². The van der Waals surface area contributed by atoms with E-state index in [1.807, 2.05) is 13.8 Å². The zero-order chi connectivity index (χ0) is 13.8. The second kappa shape index (κ2) is 6.17. The van der Waals surface area contributed by atoms with Gasteiger partial charge in [-0.15, -0.1) is 0 Å².